The van der Waals surface area contributed by atoms with Crippen molar-refractivity contribution >= 4 is 17.6 Å². The number of nitrogens with zero attached hydrogens (tertiary/aromatic N) is 2. The minimum atomic E-state index is -4.48. The van der Waals surface area contributed by atoms with Crippen molar-refractivity contribution < 1.29 is 27.4 Å². The van der Waals surface area contributed by atoms with Gasteiger partial charge in [-0.2, -0.15) is 18.3 Å². The fourth-order valence-electron chi connectivity index (χ4n) is 3.22. The number of nitrogens with two attached hydrogens (primary N) is 1. The van der Waals surface area contributed by atoms with Crippen molar-refractivity contribution in [1.82, 2.24) is 9.78 Å². The molecule has 0 aliphatic carbocycles. The van der Waals surface area contributed by atoms with Crippen LogP contribution in [0.4, 0.5) is 29.5 Å². The third-order valence-electron chi connectivity index (χ3n) is 4.90. The van der Waals surface area contributed by atoms with E-state index < -0.39 is 17.8 Å². The minimum Gasteiger partial charge on any atom is -0.497 e. The van der Waals surface area contributed by atoms with Gasteiger partial charge < -0.3 is 15.2 Å². The van der Waals surface area contributed by atoms with Crippen LogP contribution in [0.3, 0.4) is 0 Å². The number of para-hydroxylation sites is 1. The lowest BCUT2D eigenvalue weighted by molar-refractivity contribution is -0.137. The van der Waals surface area contributed by atoms with E-state index in [1.807, 2.05) is 0 Å². The summed E-state index contributed by atoms with van der Waals surface area (Å²) in [6, 6.07) is 19.6. The van der Waals surface area contributed by atoms with Crippen molar-refractivity contribution in [3.63, 3.8) is 0 Å². The smallest absolute Gasteiger partial charge is 0.417 e. The fourth-order valence-corrected chi connectivity index (χ4v) is 3.22. The SMILES string of the molecule is COc1ccc(-c2nn(-c3ccc(C(F)(F)F)cc3)c(N)c2NC(=O)Oc2ccccc2)cc1. The van der Waals surface area contributed by atoms with Gasteiger partial charge in [0.15, 0.2) is 5.82 Å². The Morgan fingerprint density at radius 1 is 0.941 bits per heavy atom. The highest BCUT2D eigenvalue weighted by Crippen LogP contribution is 2.36. The van der Waals surface area contributed by atoms with Crippen LogP contribution in [-0.4, -0.2) is 23.0 Å². The maximum Gasteiger partial charge on any atom is 0.417 e. The van der Waals surface area contributed by atoms with Gasteiger partial charge in [0.05, 0.1) is 18.4 Å². The first-order chi connectivity index (χ1) is 16.3. The van der Waals surface area contributed by atoms with Gasteiger partial charge in [0.2, 0.25) is 0 Å². The number of carbonyl (C=O) groups is 1. The molecule has 0 fully saturated rings. The zero-order valence-electron chi connectivity index (χ0n) is 17.8. The number of halogens is 3. The fraction of sp³-hybridized carbons (Fsp3) is 0.0833. The minimum absolute atomic E-state index is 0.00980. The van der Waals surface area contributed by atoms with Crippen LogP contribution in [0.2, 0.25) is 0 Å². The first kappa shape index (κ1) is 22.7. The zero-order chi connectivity index (χ0) is 24.3. The van der Waals surface area contributed by atoms with E-state index in [-0.39, 0.29) is 17.2 Å². The molecule has 4 rings (SSSR count). The number of nitrogens with one attached hydrogen (secondary N) is 1. The first-order valence-corrected chi connectivity index (χ1v) is 10.0. The summed E-state index contributed by atoms with van der Waals surface area (Å²) in [5.74, 6) is 0.937. The van der Waals surface area contributed by atoms with Crippen LogP contribution in [0.25, 0.3) is 16.9 Å². The van der Waals surface area contributed by atoms with Crippen molar-refractivity contribution in [3.8, 4) is 28.4 Å². The van der Waals surface area contributed by atoms with E-state index >= 15 is 0 Å². The quantitative estimate of drug-likeness (QED) is 0.389. The monoisotopic (exact) mass is 468 g/mol. The summed E-state index contributed by atoms with van der Waals surface area (Å²) in [5, 5.41) is 7.06. The van der Waals surface area contributed by atoms with E-state index in [4.69, 9.17) is 15.2 Å². The van der Waals surface area contributed by atoms with E-state index in [9.17, 15) is 18.0 Å². The second-order valence-corrected chi connectivity index (χ2v) is 7.12. The molecule has 0 spiro atoms. The van der Waals surface area contributed by atoms with Gasteiger partial charge in [-0.15, -0.1) is 0 Å². The van der Waals surface area contributed by atoms with Crippen molar-refractivity contribution in [2.75, 3.05) is 18.2 Å². The number of nitrogen functional groups attached to an aromatic ring is 1. The average molecular weight is 468 g/mol. The maximum absolute atomic E-state index is 13.0. The number of hydrogen-bond acceptors (Lipinski definition) is 5. The molecule has 0 unspecified atom stereocenters. The third kappa shape index (κ3) is 4.80. The standard InChI is InChI=1S/C24H19F3N4O3/c1-33-18-13-7-15(8-14-18)20-21(29-23(32)34-19-5-3-2-4-6-19)22(28)31(30-20)17-11-9-16(10-12-17)24(25,26)27/h2-14H,28H2,1H3,(H,29,32). The highest BCUT2D eigenvalue weighted by atomic mass is 19.4. The van der Waals surface area contributed by atoms with E-state index in [1.54, 1.807) is 54.6 Å². The van der Waals surface area contributed by atoms with Gasteiger partial charge in [0.1, 0.15) is 22.9 Å². The van der Waals surface area contributed by atoms with Crippen LogP contribution in [-0.2, 0) is 6.18 Å². The molecule has 1 amide bonds. The van der Waals surface area contributed by atoms with Crippen LogP contribution in [0, 0.1) is 0 Å². The number of rotatable bonds is 5. The predicted molar refractivity (Wildman–Crippen MR) is 121 cm³/mol. The molecule has 3 N–H and O–H groups in total. The van der Waals surface area contributed by atoms with Crippen LogP contribution in [0.1, 0.15) is 5.56 Å². The summed E-state index contributed by atoms with van der Waals surface area (Å²) in [5.41, 5.74) is 6.79. The van der Waals surface area contributed by atoms with Crippen molar-refractivity contribution in [2.24, 2.45) is 0 Å². The largest absolute Gasteiger partial charge is 0.497 e. The highest BCUT2D eigenvalue weighted by Gasteiger charge is 2.30. The lowest BCUT2D eigenvalue weighted by Gasteiger charge is -2.09. The molecule has 0 saturated carbocycles. The van der Waals surface area contributed by atoms with E-state index in [0.29, 0.717) is 22.8 Å². The van der Waals surface area contributed by atoms with Gasteiger partial charge >= 0.3 is 12.3 Å². The average Bonchev–Trinajstić information content (AvgIpc) is 3.15. The molecule has 0 bridgehead atoms. The summed E-state index contributed by atoms with van der Waals surface area (Å²) in [4.78, 5) is 12.5. The second-order valence-electron chi connectivity index (χ2n) is 7.12. The molecule has 0 aliphatic rings. The molecular formula is C24H19F3N4O3. The number of aromatic nitrogens is 2. The summed E-state index contributed by atoms with van der Waals surface area (Å²) >= 11 is 0. The maximum atomic E-state index is 13.0. The Hall–Kier alpha value is -4.47. The number of ether oxygens (including phenoxy) is 2. The number of methoxy groups -OCH3 is 1. The zero-order valence-corrected chi connectivity index (χ0v) is 17.8. The lowest BCUT2D eigenvalue weighted by Crippen LogP contribution is -2.18. The van der Waals surface area contributed by atoms with Crippen molar-refractivity contribution in [2.45, 2.75) is 6.18 Å². The Labute approximate surface area is 192 Å². The molecule has 0 aliphatic heterocycles. The van der Waals surface area contributed by atoms with E-state index in [0.717, 1.165) is 12.1 Å². The molecule has 0 radical (unpaired) electrons. The Morgan fingerprint density at radius 2 is 1.59 bits per heavy atom. The predicted octanol–water partition coefficient (Wildman–Crippen LogP) is 5.76. The summed E-state index contributed by atoms with van der Waals surface area (Å²) in [7, 11) is 1.53. The third-order valence-corrected chi connectivity index (χ3v) is 4.90. The molecule has 174 valence electrons. The Morgan fingerprint density at radius 3 is 2.18 bits per heavy atom. The van der Waals surface area contributed by atoms with E-state index in [2.05, 4.69) is 10.4 Å². The van der Waals surface area contributed by atoms with Gasteiger partial charge in [-0.05, 0) is 60.7 Å². The van der Waals surface area contributed by atoms with Crippen molar-refractivity contribution in [3.05, 3.63) is 84.4 Å². The molecule has 0 atom stereocenters. The normalized spacial score (nSPS) is 11.2. The number of alkyl halides is 3. The van der Waals surface area contributed by atoms with Gasteiger partial charge in [0, 0.05) is 5.56 Å². The number of hydrogen-bond donors (Lipinski definition) is 2. The number of carbonyl (C=O) groups excluding carboxylic acids is 1. The van der Waals surface area contributed by atoms with E-state index in [1.165, 1.54) is 23.9 Å². The molecule has 1 heterocycles. The molecule has 10 heteroatoms. The van der Waals surface area contributed by atoms with Gasteiger partial charge in [-0.1, -0.05) is 18.2 Å². The molecule has 3 aromatic carbocycles. The number of anilines is 2. The summed E-state index contributed by atoms with van der Waals surface area (Å²) in [6.07, 6.45) is -5.28. The number of amides is 1. The van der Waals surface area contributed by atoms with Gasteiger partial charge in [-0.3, -0.25) is 5.32 Å². The molecule has 4 aromatic rings. The molecule has 34 heavy (non-hydrogen) atoms. The highest BCUT2D eigenvalue weighted by molar-refractivity contribution is 5.96. The van der Waals surface area contributed by atoms with Crippen LogP contribution in [0.5, 0.6) is 11.5 Å². The molecular weight excluding hydrogens is 449 g/mol. The van der Waals surface area contributed by atoms with Crippen LogP contribution in [0.15, 0.2) is 78.9 Å². The Kier molecular flexibility index (Phi) is 6.13. The summed E-state index contributed by atoms with van der Waals surface area (Å²) in [6.45, 7) is 0. The van der Waals surface area contributed by atoms with Crippen molar-refractivity contribution in [1.29, 1.82) is 0 Å². The second kappa shape index (κ2) is 9.18. The summed E-state index contributed by atoms with van der Waals surface area (Å²) < 4.78 is 50.6. The number of benzene rings is 3. The van der Waals surface area contributed by atoms with Gasteiger partial charge in [-0.25, -0.2) is 9.48 Å². The lowest BCUT2D eigenvalue weighted by atomic mass is 10.1. The Balaban J connectivity index is 1.73. The first-order valence-electron chi connectivity index (χ1n) is 10.0. The molecule has 1 aromatic heterocycles. The van der Waals surface area contributed by atoms with Crippen LogP contribution < -0.4 is 20.5 Å². The molecule has 7 nitrogen and oxygen atoms in total. The van der Waals surface area contributed by atoms with Gasteiger partial charge in [0.25, 0.3) is 0 Å². The molecule has 0 saturated heterocycles. The Bertz CT molecular complexity index is 1290. The van der Waals surface area contributed by atoms with Crippen LogP contribution >= 0.6 is 0 Å². The topological polar surface area (TPSA) is 91.4 Å².